The molecule has 1 fully saturated rings. The summed E-state index contributed by atoms with van der Waals surface area (Å²) in [6.07, 6.45) is 2.48. The number of fused-ring (bicyclic) bond motifs is 2. The van der Waals surface area contributed by atoms with Crippen LogP contribution in [0.15, 0.2) is 42.5 Å². The number of hydrogen-bond donors (Lipinski definition) is 1. The molecule has 0 saturated carbocycles. The van der Waals surface area contributed by atoms with Crippen LogP contribution in [0.1, 0.15) is 74.6 Å². The maximum Gasteiger partial charge on any atom is 0.258 e. The average molecular weight is 571 g/mol. The van der Waals surface area contributed by atoms with Crippen molar-refractivity contribution in [3.63, 3.8) is 0 Å². The Kier molecular flexibility index (Phi) is 8.22. The molecule has 1 saturated heterocycles. The molecule has 3 aromatic carbocycles. The van der Waals surface area contributed by atoms with Crippen LogP contribution in [0.3, 0.4) is 0 Å². The van der Waals surface area contributed by atoms with Gasteiger partial charge in [-0.2, -0.15) is 0 Å². The van der Waals surface area contributed by atoms with Crippen molar-refractivity contribution >= 4 is 11.8 Å². The molecular formula is C35H42N2O5. The average Bonchev–Trinajstić information content (AvgIpc) is 3.23. The summed E-state index contributed by atoms with van der Waals surface area (Å²) >= 11 is 0. The van der Waals surface area contributed by atoms with E-state index in [-0.39, 0.29) is 29.9 Å². The van der Waals surface area contributed by atoms with Crippen LogP contribution < -0.4 is 19.5 Å². The van der Waals surface area contributed by atoms with Gasteiger partial charge in [-0.05, 0) is 88.3 Å². The summed E-state index contributed by atoms with van der Waals surface area (Å²) in [5.41, 5.74) is 8.22. The summed E-state index contributed by atoms with van der Waals surface area (Å²) in [5.74, 6) is 1.91. The Balaban J connectivity index is 1.29. The van der Waals surface area contributed by atoms with Crippen LogP contribution in [0, 0.1) is 34.6 Å². The Morgan fingerprint density at radius 1 is 0.881 bits per heavy atom. The SMILES string of the molecule is COc1cc(C(=O)N2CCC3(CC2)CC(NC(=O)COc2c(C)cc(C)cc2C)c2cc(C)ccc23)cc(OC)c1C. The zero-order valence-corrected chi connectivity index (χ0v) is 25.8. The quantitative estimate of drug-likeness (QED) is 0.374. The number of carbonyl (C=O) groups is 2. The van der Waals surface area contributed by atoms with E-state index in [4.69, 9.17) is 14.2 Å². The van der Waals surface area contributed by atoms with E-state index < -0.39 is 0 Å². The molecule has 7 heteroatoms. The highest BCUT2D eigenvalue weighted by molar-refractivity contribution is 5.95. The highest BCUT2D eigenvalue weighted by Crippen LogP contribution is 2.51. The molecule has 1 unspecified atom stereocenters. The fraction of sp³-hybridized carbons (Fsp3) is 0.429. The minimum absolute atomic E-state index is 0.0210. The molecule has 1 aliphatic carbocycles. The smallest absolute Gasteiger partial charge is 0.258 e. The molecule has 1 atom stereocenters. The van der Waals surface area contributed by atoms with Crippen molar-refractivity contribution in [2.24, 2.45) is 0 Å². The van der Waals surface area contributed by atoms with Gasteiger partial charge in [0.1, 0.15) is 17.2 Å². The second-order valence-corrected chi connectivity index (χ2v) is 12.0. The molecule has 1 N–H and O–H groups in total. The normalized spacial score (nSPS) is 17.1. The summed E-state index contributed by atoms with van der Waals surface area (Å²) in [6, 6.07) is 14.2. The molecule has 222 valence electrons. The minimum atomic E-state index is -0.126. The van der Waals surface area contributed by atoms with E-state index in [1.807, 2.05) is 25.7 Å². The maximum atomic E-state index is 13.5. The number of hydrogen-bond acceptors (Lipinski definition) is 5. The Morgan fingerprint density at radius 3 is 2.10 bits per heavy atom. The minimum Gasteiger partial charge on any atom is -0.496 e. The predicted octanol–water partition coefficient (Wildman–Crippen LogP) is 6.06. The molecule has 0 bridgehead atoms. The van der Waals surface area contributed by atoms with Crippen LogP contribution in [-0.2, 0) is 10.2 Å². The lowest BCUT2D eigenvalue weighted by atomic mass is 9.73. The van der Waals surface area contributed by atoms with Gasteiger partial charge in [-0.3, -0.25) is 9.59 Å². The summed E-state index contributed by atoms with van der Waals surface area (Å²) in [5, 5.41) is 3.27. The van der Waals surface area contributed by atoms with Crippen molar-refractivity contribution in [2.75, 3.05) is 33.9 Å². The van der Waals surface area contributed by atoms with Crippen LogP contribution >= 0.6 is 0 Å². The third kappa shape index (κ3) is 5.57. The van der Waals surface area contributed by atoms with Gasteiger partial charge < -0.3 is 24.4 Å². The third-order valence-corrected chi connectivity index (χ3v) is 9.04. The van der Waals surface area contributed by atoms with E-state index in [0.717, 1.165) is 41.7 Å². The standard InChI is InChI=1S/C35H42N2O5/c1-21-8-9-28-27(16-21)29(36-32(38)20-42-33-23(3)14-22(2)15-24(33)4)19-35(28)10-12-37(13-11-35)34(39)26-17-30(40-6)25(5)31(18-26)41-7/h8-9,14-18,29H,10-13,19-20H2,1-7H3,(H,36,38). The van der Waals surface area contributed by atoms with Gasteiger partial charge in [0.05, 0.1) is 20.3 Å². The van der Waals surface area contributed by atoms with Gasteiger partial charge in [-0.1, -0.05) is 41.5 Å². The molecule has 3 aromatic rings. The molecule has 2 amide bonds. The van der Waals surface area contributed by atoms with Crippen molar-refractivity contribution in [1.82, 2.24) is 10.2 Å². The van der Waals surface area contributed by atoms with Crippen LogP contribution in [0.5, 0.6) is 17.2 Å². The number of nitrogens with zero attached hydrogens (tertiary/aromatic N) is 1. The fourth-order valence-corrected chi connectivity index (χ4v) is 6.96. The van der Waals surface area contributed by atoms with Gasteiger partial charge in [-0.25, -0.2) is 0 Å². The number of methoxy groups -OCH3 is 2. The number of ether oxygens (including phenoxy) is 3. The first-order chi connectivity index (χ1) is 20.0. The fourth-order valence-electron chi connectivity index (χ4n) is 6.96. The first kappa shape index (κ1) is 29.5. The first-order valence-corrected chi connectivity index (χ1v) is 14.7. The van der Waals surface area contributed by atoms with Crippen LogP contribution in [0.2, 0.25) is 0 Å². The molecule has 1 aliphatic heterocycles. The number of amides is 2. The molecule has 0 radical (unpaired) electrons. The summed E-state index contributed by atoms with van der Waals surface area (Å²) in [4.78, 5) is 28.6. The second kappa shape index (κ2) is 11.7. The Bertz CT molecular complexity index is 1470. The number of piperidine rings is 1. The van der Waals surface area contributed by atoms with Crippen molar-refractivity contribution in [3.05, 3.63) is 87.0 Å². The van der Waals surface area contributed by atoms with Crippen LogP contribution in [0.25, 0.3) is 0 Å². The van der Waals surface area contributed by atoms with Gasteiger partial charge in [0.2, 0.25) is 0 Å². The van der Waals surface area contributed by atoms with Crippen LogP contribution in [-0.4, -0.2) is 50.6 Å². The van der Waals surface area contributed by atoms with E-state index in [2.05, 4.69) is 49.5 Å². The van der Waals surface area contributed by atoms with Crippen molar-refractivity contribution < 1.29 is 23.8 Å². The largest absolute Gasteiger partial charge is 0.496 e. The van der Waals surface area contributed by atoms with Crippen molar-refractivity contribution in [3.8, 4) is 17.2 Å². The molecule has 1 spiro atoms. The molecule has 7 nitrogen and oxygen atoms in total. The number of nitrogens with one attached hydrogen (secondary N) is 1. The van der Waals surface area contributed by atoms with Gasteiger partial charge in [0.25, 0.3) is 11.8 Å². The van der Waals surface area contributed by atoms with E-state index in [1.165, 1.54) is 22.3 Å². The molecular weight excluding hydrogens is 528 g/mol. The summed E-state index contributed by atoms with van der Waals surface area (Å²) < 4.78 is 17.0. The Morgan fingerprint density at radius 2 is 1.50 bits per heavy atom. The lowest BCUT2D eigenvalue weighted by Gasteiger charge is -2.40. The lowest BCUT2D eigenvalue weighted by Crippen LogP contribution is -2.45. The second-order valence-electron chi connectivity index (χ2n) is 12.0. The summed E-state index contributed by atoms with van der Waals surface area (Å²) in [7, 11) is 3.21. The lowest BCUT2D eigenvalue weighted by molar-refractivity contribution is -0.123. The zero-order valence-electron chi connectivity index (χ0n) is 25.8. The summed E-state index contributed by atoms with van der Waals surface area (Å²) in [6.45, 7) is 11.3. The highest BCUT2D eigenvalue weighted by atomic mass is 16.5. The number of rotatable bonds is 7. The zero-order chi connectivity index (χ0) is 30.2. The van der Waals surface area contributed by atoms with E-state index in [1.54, 1.807) is 26.4 Å². The number of likely N-dealkylation sites (tertiary alicyclic amines) is 1. The maximum absolute atomic E-state index is 13.5. The van der Waals surface area contributed by atoms with E-state index in [0.29, 0.717) is 30.2 Å². The molecule has 42 heavy (non-hydrogen) atoms. The predicted molar refractivity (Wildman–Crippen MR) is 164 cm³/mol. The van der Waals surface area contributed by atoms with Gasteiger partial charge in [0, 0.05) is 29.6 Å². The monoisotopic (exact) mass is 570 g/mol. The van der Waals surface area contributed by atoms with Gasteiger partial charge >= 0.3 is 0 Å². The van der Waals surface area contributed by atoms with Crippen molar-refractivity contribution in [1.29, 1.82) is 0 Å². The molecule has 0 aromatic heterocycles. The third-order valence-electron chi connectivity index (χ3n) is 9.04. The number of benzene rings is 3. The topological polar surface area (TPSA) is 77.1 Å². The highest BCUT2D eigenvalue weighted by Gasteiger charge is 2.46. The number of aryl methyl sites for hydroxylation is 4. The van der Waals surface area contributed by atoms with Crippen molar-refractivity contribution in [2.45, 2.75) is 65.3 Å². The molecule has 1 heterocycles. The number of carbonyl (C=O) groups excluding carboxylic acids is 2. The first-order valence-electron chi connectivity index (χ1n) is 14.7. The van der Waals surface area contributed by atoms with Gasteiger partial charge in [0.15, 0.2) is 6.61 Å². The van der Waals surface area contributed by atoms with Crippen LogP contribution in [0.4, 0.5) is 0 Å². The molecule has 2 aliphatic rings. The van der Waals surface area contributed by atoms with Gasteiger partial charge in [-0.15, -0.1) is 0 Å². The molecule has 5 rings (SSSR count). The Labute approximate surface area is 249 Å². The van der Waals surface area contributed by atoms with E-state index >= 15 is 0 Å². The van der Waals surface area contributed by atoms with E-state index in [9.17, 15) is 9.59 Å². The Hall–Kier alpha value is -4.00.